The Hall–Kier alpha value is -2.04. The molecule has 2 aromatic carbocycles. The smallest absolute Gasteiger partial charge is 0.242 e. The first-order chi connectivity index (χ1) is 13.3. The van der Waals surface area contributed by atoms with E-state index in [2.05, 4.69) is 5.32 Å². The number of aryl methyl sites for hydroxylation is 1. The van der Waals surface area contributed by atoms with Crippen LogP contribution in [-0.2, 0) is 22.6 Å². The van der Waals surface area contributed by atoms with E-state index in [1.807, 2.05) is 44.2 Å². The molecule has 0 aliphatic carbocycles. The van der Waals surface area contributed by atoms with Crippen LogP contribution in [0.15, 0.2) is 42.5 Å². The number of nitrogens with zero attached hydrogens (tertiary/aromatic N) is 1. The second kappa shape index (κ2) is 10.5. The molecule has 1 N–H and O–H groups in total. The molecular formula is C22H26Cl2N2O2. The molecule has 0 aliphatic rings. The molecule has 150 valence electrons. The van der Waals surface area contributed by atoms with Crippen molar-refractivity contribution in [2.45, 2.75) is 46.2 Å². The average Bonchev–Trinajstić information content (AvgIpc) is 2.68. The minimum atomic E-state index is -0.598. The number of hydrogen-bond acceptors (Lipinski definition) is 2. The number of rotatable bonds is 8. The number of carbonyl (C=O) groups is 2. The molecule has 2 rings (SSSR count). The lowest BCUT2D eigenvalue weighted by molar-refractivity contribution is -0.140. The van der Waals surface area contributed by atoms with Crippen molar-refractivity contribution in [1.82, 2.24) is 10.2 Å². The Bertz CT molecular complexity index is 822. The van der Waals surface area contributed by atoms with Gasteiger partial charge in [0.05, 0.1) is 16.5 Å². The third-order valence-corrected chi connectivity index (χ3v) is 5.27. The highest BCUT2D eigenvalue weighted by Gasteiger charge is 2.26. The summed E-state index contributed by atoms with van der Waals surface area (Å²) >= 11 is 12.1. The van der Waals surface area contributed by atoms with Crippen LogP contribution in [-0.4, -0.2) is 29.3 Å². The molecule has 2 amide bonds. The number of carbonyl (C=O) groups excluding carboxylic acids is 2. The molecule has 2 aromatic rings. The fraction of sp³-hybridized carbons (Fsp3) is 0.364. The summed E-state index contributed by atoms with van der Waals surface area (Å²) in [6, 6.07) is 12.5. The molecule has 0 fully saturated rings. The van der Waals surface area contributed by atoms with Crippen molar-refractivity contribution in [3.63, 3.8) is 0 Å². The van der Waals surface area contributed by atoms with Crippen LogP contribution < -0.4 is 5.32 Å². The molecule has 1 atom stereocenters. The van der Waals surface area contributed by atoms with Crippen LogP contribution in [0.5, 0.6) is 0 Å². The van der Waals surface area contributed by atoms with Gasteiger partial charge in [0.15, 0.2) is 0 Å². The predicted molar refractivity (Wildman–Crippen MR) is 115 cm³/mol. The van der Waals surface area contributed by atoms with E-state index in [1.165, 1.54) is 0 Å². The lowest BCUT2D eigenvalue weighted by atomic mass is 10.1. The van der Waals surface area contributed by atoms with Gasteiger partial charge in [0.2, 0.25) is 11.8 Å². The molecule has 4 nitrogen and oxygen atoms in total. The van der Waals surface area contributed by atoms with Gasteiger partial charge < -0.3 is 10.2 Å². The molecule has 0 aliphatic heterocycles. The van der Waals surface area contributed by atoms with Crippen LogP contribution in [0, 0.1) is 6.92 Å². The number of nitrogens with one attached hydrogen (secondary N) is 1. The van der Waals surface area contributed by atoms with E-state index >= 15 is 0 Å². The topological polar surface area (TPSA) is 49.4 Å². The monoisotopic (exact) mass is 420 g/mol. The number of benzene rings is 2. The van der Waals surface area contributed by atoms with Crippen LogP contribution in [0.3, 0.4) is 0 Å². The second-order valence-electron chi connectivity index (χ2n) is 6.90. The van der Waals surface area contributed by atoms with Crippen molar-refractivity contribution in [1.29, 1.82) is 0 Å². The molecule has 0 spiro atoms. The van der Waals surface area contributed by atoms with E-state index in [4.69, 9.17) is 23.2 Å². The summed E-state index contributed by atoms with van der Waals surface area (Å²) in [7, 11) is 0. The van der Waals surface area contributed by atoms with E-state index in [0.717, 1.165) is 23.1 Å². The molecule has 28 heavy (non-hydrogen) atoms. The molecule has 0 aromatic heterocycles. The third kappa shape index (κ3) is 6.25. The molecular weight excluding hydrogens is 395 g/mol. The lowest BCUT2D eigenvalue weighted by Crippen LogP contribution is -2.48. The summed E-state index contributed by atoms with van der Waals surface area (Å²) < 4.78 is 0. The predicted octanol–water partition coefficient (Wildman–Crippen LogP) is 4.79. The fourth-order valence-electron chi connectivity index (χ4n) is 2.80. The van der Waals surface area contributed by atoms with E-state index in [1.54, 1.807) is 24.0 Å². The number of halogens is 2. The molecule has 0 radical (unpaired) electrons. The fourth-order valence-corrected chi connectivity index (χ4v) is 3.12. The Labute approximate surface area is 176 Å². The summed E-state index contributed by atoms with van der Waals surface area (Å²) in [6.45, 7) is 6.59. The molecule has 6 heteroatoms. The number of hydrogen-bond donors (Lipinski definition) is 1. The molecule has 0 saturated heterocycles. The van der Waals surface area contributed by atoms with Crippen molar-refractivity contribution < 1.29 is 9.59 Å². The van der Waals surface area contributed by atoms with E-state index in [0.29, 0.717) is 16.6 Å². The van der Waals surface area contributed by atoms with E-state index in [-0.39, 0.29) is 24.8 Å². The largest absolute Gasteiger partial charge is 0.354 e. The Morgan fingerprint density at radius 1 is 1.04 bits per heavy atom. The zero-order chi connectivity index (χ0) is 20.7. The van der Waals surface area contributed by atoms with Crippen molar-refractivity contribution in [3.05, 3.63) is 69.2 Å². The van der Waals surface area contributed by atoms with Gasteiger partial charge in [-0.3, -0.25) is 9.59 Å². The normalized spacial score (nSPS) is 11.8. The van der Waals surface area contributed by atoms with Gasteiger partial charge in [-0.15, -0.1) is 0 Å². The molecule has 0 heterocycles. The number of amides is 2. The Kier molecular flexibility index (Phi) is 8.34. The summed E-state index contributed by atoms with van der Waals surface area (Å²) in [5.41, 5.74) is 2.87. The van der Waals surface area contributed by atoms with Gasteiger partial charge in [0.25, 0.3) is 0 Å². The van der Waals surface area contributed by atoms with Gasteiger partial charge in [0, 0.05) is 13.1 Å². The highest BCUT2D eigenvalue weighted by atomic mass is 35.5. The van der Waals surface area contributed by atoms with Gasteiger partial charge in [-0.25, -0.2) is 0 Å². The van der Waals surface area contributed by atoms with E-state index in [9.17, 15) is 9.59 Å². The first-order valence-electron chi connectivity index (χ1n) is 9.38. The van der Waals surface area contributed by atoms with Crippen LogP contribution in [0.2, 0.25) is 10.0 Å². The quantitative estimate of drug-likeness (QED) is 0.667. The summed E-state index contributed by atoms with van der Waals surface area (Å²) in [6.07, 6.45) is 1.07. The highest BCUT2D eigenvalue weighted by Crippen LogP contribution is 2.24. The third-order valence-electron chi connectivity index (χ3n) is 4.53. The maximum Gasteiger partial charge on any atom is 0.242 e. The van der Waals surface area contributed by atoms with Crippen molar-refractivity contribution in [3.8, 4) is 0 Å². The SMILES string of the molecule is CCCNC(=O)[C@H](C)N(Cc1ccc(Cl)c(Cl)c1)C(=O)Cc1ccc(C)cc1. The van der Waals surface area contributed by atoms with Crippen molar-refractivity contribution in [2.75, 3.05) is 6.54 Å². The van der Waals surface area contributed by atoms with Crippen molar-refractivity contribution in [2.24, 2.45) is 0 Å². The first-order valence-corrected chi connectivity index (χ1v) is 10.1. The second-order valence-corrected chi connectivity index (χ2v) is 7.71. The average molecular weight is 421 g/mol. The lowest BCUT2D eigenvalue weighted by Gasteiger charge is -2.29. The summed E-state index contributed by atoms with van der Waals surface area (Å²) in [5.74, 6) is -0.284. The Balaban J connectivity index is 2.22. The van der Waals surface area contributed by atoms with Crippen molar-refractivity contribution >= 4 is 35.0 Å². The van der Waals surface area contributed by atoms with E-state index < -0.39 is 6.04 Å². The van der Waals surface area contributed by atoms with Crippen LogP contribution in [0.4, 0.5) is 0 Å². The summed E-state index contributed by atoms with van der Waals surface area (Å²) in [4.78, 5) is 27.2. The Morgan fingerprint density at radius 3 is 2.29 bits per heavy atom. The first kappa shape index (κ1) is 22.3. The molecule has 0 unspecified atom stereocenters. The Morgan fingerprint density at radius 2 is 1.68 bits per heavy atom. The zero-order valence-corrected chi connectivity index (χ0v) is 18.0. The van der Waals surface area contributed by atoms with Gasteiger partial charge in [-0.05, 0) is 43.5 Å². The van der Waals surface area contributed by atoms with Crippen LogP contribution in [0.1, 0.15) is 37.0 Å². The van der Waals surface area contributed by atoms with Gasteiger partial charge in [-0.2, -0.15) is 0 Å². The van der Waals surface area contributed by atoms with Gasteiger partial charge in [-0.1, -0.05) is 66.0 Å². The highest BCUT2D eigenvalue weighted by molar-refractivity contribution is 6.42. The zero-order valence-electron chi connectivity index (χ0n) is 16.5. The summed E-state index contributed by atoms with van der Waals surface area (Å²) in [5, 5.41) is 3.74. The minimum absolute atomic E-state index is 0.117. The van der Waals surface area contributed by atoms with Crippen LogP contribution in [0.25, 0.3) is 0 Å². The minimum Gasteiger partial charge on any atom is -0.354 e. The van der Waals surface area contributed by atoms with Gasteiger partial charge in [0.1, 0.15) is 6.04 Å². The van der Waals surface area contributed by atoms with Gasteiger partial charge >= 0.3 is 0 Å². The standard InChI is InChI=1S/C22H26Cl2N2O2/c1-4-11-25-22(28)16(3)26(14-18-9-10-19(23)20(24)12-18)21(27)13-17-7-5-15(2)6-8-17/h5-10,12,16H,4,11,13-14H2,1-3H3,(H,25,28)/t16-/m0/s1. The maximum atomic E-state index is 13.1. The maximum absolute atomic E-state index is 13.1. The molecule has 0 saturated carbocycles. The van der Waals surface area contributed by atoms with Crippen LogP contribution >= 0.6 is 23.2 Å². The molecule has 0 bridgehead atoms.